The molecule has 0 aromatic heterocycles. The monoisotopic (exact) mass is 307 g/mol. The van der Waals surface area contributed by atoms with E-state index in [-0.39, 0.29) is 18.9 Å². The molecule has 1 amide bonds. The quantitative estimate of drug-likeness (QED) is 0.892. The molecular formula is C16H15ClFNO2. The van der Waals surface area contributed by atoms with E-state index in [2.05, 4.69) is 5.32 Å². The lowest BCUT2D eigenvalue weighted by Crippen LogP contribution is -2.30. The summed E-state index contributed by atoms with van der Waals surface area (Å²) in [5.41, 5.74) is 0.868. The van der Waals surface area contributed by atoms with E-state index < -0.39 is 11.9 Å². The van der Waals surface area contributed by atoms with E-state index in [0.717, 1.165) is 0 Å². The van der Waals surface area contributed by atoms with Gasteiger partial charge in [0, 0.05) is 17.1 Å². The second-order valence-corrected chi connectivity index (χ2v) is 5.02. The van der Waals surface area contributed by atoms with Gasteiger partial charge < -0.3 is 10.4 Å². The maximum Gasteiger partial charge on any atom is 0.224 e. The van der Waals surface area contributed by atoms with Crippen molar-refractivity contribution in [3.63, 3.8) is 0 Å². The zero-order valence-electron chi connectivity index (χ0n) is 11.2. The molecular weight excluding hydrogens is 293 g/mol. The maximum atomic E-state index is 13.4. The summed E-state index contributed by atoms with van der Waals surface area (Å²) >= 11 is 5.96. The molecule has 0 saturated heterocycles. The molecule has 0 bridgehead atoms. The number of amides is 1. The number of benzene rings is 2. The summed E-state index contributed by atoms with van der Waals surface area (Å²) in [5.74, 6) is -0.773. The van der Waals surface area contributed by atoms with Crippen LogP contribution in [0, 0.1) is 5.82 Å². The number of halogens is 2. The Bertz CT molecular complexity index is 633. The van der Waals surface area contributed by atoms with Crippen molar-refractivity contribution in [2.45, 2.75) is 12.5 Å². The van der Waals surface area contributed by atoms with Crippen LogP contribution in [-0.2, 0) is 11.2 Å². The van der Waals surface area contributed by atoms with Crippen molar-refractivity contribution in [3.05, 3.63) is 70.5 Å². The fourth-order valence-electron chi connectivity index (χ4n) is 1.94. The molecule has 21 heavy (non-hydrogen) atoms. The predicted molar refractivity (Wildman–Crippen MR) is 79.5 cm³/mol. The Morgan fingerprint density at radius 1 is 1.19 bits per heavy atom. The zero-order valence-corrected chi connectivity index (χ0v) is 12.0. The van der Waals surface area contributed by atoms with Gasteiger partial charge in [-0.1, -0.05) is 48.0 Å². The first-order valence-corrected chi connectivity index (χ1v) is 6.88. The Morgan fingerprint density at radius 2 is 1.86 bits per heavy atom. The number of aliphatic hydroxyl groups is 1. The third kappa shape index (κ3) is 4.28. The third-order valence-corrected chi connectivity index (χ3v) is 3.41. The highest BCUT2D eigenvalue weighted by atomic mass is 35.5. The minimum absolute atomic E-state index is 0.0248. The molecule has 0 fully saturated rings. The fourth-order valence-corrected chi connectivity index (χ4v) is 2.20. The minimum atomic E-state index is -0.900. The van der Waals surface area contributed by atoms with Crippen LogP contribution in [0.3, 0.4) is 0 Å². The van der Waals surface area contributed by atoms with E-state index in [1.165, 1.54) is 6.07 Å². The highest BCUT2D eigenvalue weighted by Crippen LogP contribution is 2.21. The first-order chi connectivity index (χ1) is 10.1. The van der Waals surface area contributed by atoms with Crippen molar-refractivity contribution in [2.75, 3.05) is 6.54 Å². The molecule has 2 rings (SSSR count). The minimum Gasteiger partial charge on any atom is -0.387 e. The molecule has 0 aliphatic carbocycles. The Balaban J connectivity index is 1.90. The second kappa shape index (κ2) is 7.20. The van der Waals surface area contributed by atoms with Crippen LogP contribution in [0.25, 0.3) is 0 Å². The summed E-state index contributed by atoms with van der Waals surface area (Å²) in [6, 6.07) is 13.0. The van der Waals surface area contributed by atoms with Gasteiger partial charge in [0.1, 0.15) is 5.82 Å². The normalized spacial score (nSPS) is 12.0. The Kier molecular flexibility index (Phi) is 5.31. The van der Waals surface area contributed by atoms with E-state index in [4.69, 9.17) is 11.6 Å². The van der Waals surface area contributed by atoms with Crippen LogP contribution in [0.1, 0.15) is 17.2 Å². The van der Waals surface area contributed by atoms with Crippen LogP contribution in [0.4, 0.5) is 4.39 Å². The van der Waals surface area contributed by atoms with Gasteiger partial charge in [-0.25, -0.2) is 4.39 Å². The summed E-state index contributed by atoms with van der Waals surface area (Å²) < 4.78 is 13.4. The lowest BCUT2D eigenvalue weighted by atomic mass is 10.1. The van der Waals surface area contributed by atoms with Gasteiger partial charge in [-0.2, -0.15) is 0 Å². The van der Waals surface area contributed by atoms with Crippen molar-refractivity contribution in [2.24, 2.45) is 0 Å². The van der Waals surface area contributed by atoms with Gasteiger partial charge in [0.15, 0.2) is 0 Å². The molecule has 2 N–H and O–H groups in total. The van der Waals surface area contributed by atoms with E-state index in [0.29, 0.717) is 16.1 Å². The molecule has 5 heteroatoms. The molecule has 110 valence electrons. The molecule has 2 aromatic rings. The molecule has 3 nitrogen and oxygen atoms in total. The Labute approximate surface area is 127 Å². The van der Waals surface area contributed by atoms with E-state index >= 15 is 0 Å². The summed E-state index contributed by atoms with van der Waals surface area (Å²) in [6.07, 6.45) is -0.967. The van der Waals surface area contributed by atoms with Gasteiger partial charge >= 0.3 is 0 Å². The third-order valence-electron chi connectivity index (χ3n) is 3.07. The molecule has 0 aliphatic rings. The fraction of sp³-hybridized carbons (Fsp3) is 0.188. The van der Waals surface area contributed by atoms with Gasteiger partial charge in [0.2, 0.25) is 5.91 Å². The summed E-state index contributed by atoms with van der Waals surface area (Å²) in [4.78, 5) is 11.8. The largest absolute Gasteiger partial charge is 0.387 e. The summed E-state index contributed by atoms with van der Waals surface area (Å²) in [7, 11) is 0. The smallest absolute Gasteiger partial charge is 0.224 e. The van der Waals surface area contributed by atoms with Crippen LogP contribution < -0.4 is 5.32 Å². The molecule has 0 heterocycles. The number of rotatable bonds is 5. The molecule has 0 aliphatic heterocycles. The lowest BCUT2D eigenvalue weighted by Gasteiger charge is -2.13. The van der Waals surface area contributed by atoms with Gasteiger partial charge in [-0.3, -0.25) is 4.79 Å². The van der Waals surface area contributed by atoms with Crippen molar-refractivity contribution in [1.82, 2.24) is 5.32 Å². The van der Waals surface area contributed by atoms with Crippen molar-refractivity contribution < 1.29 is 14.3 Å². The Morgan fingerprint density at radius 3 is 2.57 bits per heavy atom. The highest BCUT2D eigenvalue weighted by Gasteiger charge is 2.13. The van der Waals surface area contributed by atoms with Crippen LogP contribution in [0.15, 0.2) is 48.5 Å². The summed E-state index contributed by atoms with van der Waals surface area (Å²) in [6.45, 7) is 0.0248. The van der Waals surface area contributed by atoms with Crippen molar-refractivity contribution in [1.29, 1.82) is 0 Å². The van der Waals surface area contributed by atoms with Crippen molar-refractivity contribution in [3.8, 4) is 0 Å². The molecule has 1 unspecified atom stereocenters. The van der Waals surface area contributed by atoms with E-state index in [9.17, 15) is 14.3 Å². The topological polar surface area (TPSA) is 49.3 Å². The van der Waals surface area contributed by atoms with E-state index in [1.807, 2.05) is 0 Å². The van der Waals surface area contributed by atoms with Gasteiger partial charge in [-0.05, 0) is 17.7 Å². The number of hydrogen-bond donors (Lipinski definition) is 2. The molecule has 1 atom stereocenters. The zero-order chi connectivity index (χ0) is 15.2. The standard InChI is InChI=1S/C16H15ClFNO2/c17-13-7-3-2-6-12(13)15(20)10-19-16(21)9-11-5-1-4-8-14(11)18/h1-8,15,20H,9-10H2,(H,19,21). The van der Waals surface area contributed by atoms with Crippen molar-refractivity contribution >= 4 is 17.5 Å². The molecule has 0 spiro atoms. The number of carbonyl (C=O) groups is 1. The first kappa shape index (κ1) is 15.5. The number of carbonyl (C=O) groups excluding carboxylic acids is 1. The number of aliphatic hydroxyl groups excluding tert-OH is 1. The van der Waals surface area contributed by atoms with Crippen LogP contribution in [-0.4, -0.2) is 17.6 Å². The summed E-state index contributed by atoms with van der Waals surface area (Å²) in [5, 5.41) is 13.0. The maximum absolute atomic E-state index is 13.4. The number of nitrogens with one attached hydrogen (secondary N) is 1. The first-order valence-electron chi connectivity index (χ1n) is 6.50. The highest BCUT2D eigenvalue weighted by molar-refractivity contribution is 6.31. The molecule has 0 radical (unpaired) electrons. The average molecular weight is 308 g/mol. The molecule has 0 saturated carbocycles. The Hall–Kier alpha value is -1.91. The predicted octanol–water partition coefficient (Wildman–Crippen LogP) is 2.87. The van der Waals surface area contributed by atoms with Gasteiger partial charge in [-0.15, -0.1) is 0 Å². The van der Waals surface area contributed by atoms with Crippen LogP contribution >= 0.6 is 11.6 Å². The van der Waals surface area contributed by atoms with Crippen LogP contribution in [0.5, 0.6) is 0 Å². The van der Waals surface area contributed by atoms with Crippen LogP contribution in [0.2, 0.25) is 5.02 Å². The average Bonchev–Trinajstić information content (AvgIpc) is 2.48. The van der Waals surface area contributed by atoms with Gasteiger partial charge in [0.25, 0.3) is 0 Å². The SMILES string of the molecule is O=C(Cc1ccccc1F)NCC(O)c1ccccc1Cl. The van der Waals surface area contributed by atoms with Gasteiger partial charge in [0.05, 0.1) is 12.5 Å². The molecule has 2 aromatic carbocycles. The second-order valence-electron chi connectivity index (χ2n) is 4.61. The number of hydrogen-bond acceptors (Lipinski definition) is 2. The van der Waals surface area contributed by atoms with E-state index in [1.54, 1.807) is 42.5 Å². The lowest BCUT2D eigenvalue weighted by molar-refractivity contribution is -0.120.